The van der Waals surface area contributed by atoms with E-state index >= 15 is 0 Å². The molecule has 0 N–H and O–H groups in total. The van der Waals surface area contributed by atoms with Crippen LogP contribution in [0.15, 0.2) is 53.6 Å². The number of nitrogens with zero attached hydrogens (tertiary/aromatic N) is 4. The Balaban J connectivity index is 1.07. The lowest BCUT2D eigenvalue weighted by Gasteiger charge is -2.39. The summed E-state index contributed by atoms with van der Waals surface area (Å²) in [4.78, 5) is 11.0. The SMILES string of the molecule is CN(Cc1ccccc1)C1CCN(Sc2ccc(N3CCC4(CCCO4)CC3)nc2)CC1. The topological polar surface area (TPSA) is 31.8 Å². The van der Waals surface area contributed by atoms with Crippen molar-refractivity contribution in [2.45, 2.75) is 61.6 Å². The van der Waals surface area contributed by atoms with Crippen molar-refractivity contribution in [1.82, 2.24) is 14.2 Å². The van der Waals surface area contributed by atoms with Crippen molar-refractivity contribution in [2.75, 3.05) is 44.7 Å². The Morgan fingerprint density at radius 1 is 1.03 bits per heavy atom. The van der Waals surface area contributed by atoms with Crippen LogP contribution in [0.25, 0.3) is 0 Å². The van der Waals surface area contributed by atoms with Gasteiger partial charge in [-0.25, -0.2) is 9.29 Å². The van der Waals surface area contributed by atoms with E-state index in [1.54, 1.807) is 0 Å². The highest BCUT2D eigenvalue weighted by Gasteiger charge is 2.38. The second-order valence-electron chi connectivity index (χ2n) is 9.63. The van der Waals surface area contributed by atoms with Crippen molar-refractivity contribution in [2.24, 2.45) is 0 Å². The summed E-state index contributed by atoms with van der Waals surface area (Å²) < 4.78 is 8.57. The van der Waals surface area contributed by atoms with Gasteiger partial charge in [0.05, 0.1) is 5.60 Å². The highest BCUT2D eigenvalue weighted by molar-refractivity contribution is 7.97. The molecule has 4 heterocycles. The Hall–Kier alpha value is -1.60. The molecule has 32 heavy (non-hydrogen) atoms. The molecular formula is C26H36N4OS. The van der Waals surface area contributed by atoms with Gasteiger partial charge >= 0.3 is 0 Å². The zero-order valence-electron chi connectivity index (χ0n) is 19.3. The van der Waals surface area contributed by atoms with E-state index in [0.717, 1.165) is 58.0 Å². The lowest BCUT2D eigenvalue weighted by atomic mass is 9.89. The molecule has 1 aromatic carbocycles. The maximum absolute atomic E-state index is 6.06. The molecule has 172 valence electrons. The van der Waals surface area contributed by atoms with Crippen LogP contribution in [0, 0.1) is 0 Å². The maximum Gasteiger partial charge on any atom is 0.128 e. The highest BCUT2D eigenvalue weighted by atomic mass is 32.2. The van der Waals surface area contributed by atoms with Gasteiger partial charge in [-0.1, -0.05) is 30.3 Å². The smallest absolute Gasteiger partial charge is 0.128 e. The Morgan fingerprint density at radius 3 is 2.47 bits per heavy atom. The summed E-state index contributed by atoms with van der Waals surface area (Å²) in [7, 11) is 2.27. The van der Waals surface area contributed by atoms with Gasteiger partial charge in [0, 0.05) is 56.5 Å². The molecule has 0 bridgehead atoms. The molecule has 0 aliphatic carbocycles. The zero-order chi connectivity index (χ0) is 21.8. The first kappa shape index (κ1) is 22.2. The Kier molecular flexibility index (Phi) is 7.02. The molecule has 0 radical (unpaired) electrons. The summed E-state index contributed by atoms with van der Waals surface area (Å²) in [6.07, 6.45) is 9.24. The number of benzene rings is 1. The zero-order valence-corrected chi connectivity index (χ0v) is 20.1. The summed E-state index contributed by atoms with van der Waals surface area (Å²) in [5.41, 5.74) is 1.57. The third-order valence-electron chi connectivity index (χ3n) is 7.46. The van der Waals surface area contributed by atoms with E-state index in [4.69, 9.17) is 9.72 Å². The summed E-state index contributed by atoms with van der Waals surface area (Å²) >= 11 is 1.87. The number of piperidine rings is 2. The van der Waals surface area contributed by atoms with E-state index in [-0.39, 0.29) is 5.60 Å². The molecule has 1 spiro atoms. The number of ether oxygens (including phenoxy) is 1. The third kappa shape index (κ3) is 5.30. The highest BCUT2D eigenvalue weighted by Crippen LogP contribution is 2.37. The van der Waals surface area contributed by atoms with Crippen LogP contribution >= 0.6 is 11.9 Å². The minimum Gasteiger partial charge on any atom is -0.375 e. The van der Waals surface area contributed by atoms with Crippen molar-refractivity contribution < 1.29 is 4.74 Å². The molecule has 1 aromatic heterocycles. The fraction of sp³-hybridized carbons (Fsp3) is 0.577. The minimum absolute atomic E-state index is 0.174. The van der Waals surface area contributed by atoms with E-state index in [1.165, 1.54) is 36.1 Å². The Morgan fingerprint density at radius 2 is 1.81 bits per heavy atom. The molecule has 6 heteroatoms. The fourth-order valence-electron chi connectivity index (χ4n) is 5.43. The number of hydrogen-bond donors (Lipinski definition) is 0. The van der Waals surface area contributed by atoms with Crippen molar-refractivity contribution in [3.05, 3.63) is 54.2 Å². The first-order chi connectivity index (χ1) is 15.7. The molecule has 3 aliphatic heterocycles. The largest absolute Gasteiger partial charge is 0.375 e. The molecular weight excluding hydrogens is 416 g/mol. The second kappa shape index (κ2) is 10.1. The fourth-order valence-corrected chi connectivity index (χ4v) is 6.35. The molecule has 0 unspecified atom stereocenters. The van der Waals surface area contributed by atoms with Gasteiger partial charge in [0.15, 0.2) is 0 Å². The van der Waals surface area contributed by atoms with Crippen molar-refractivity contribution in [3.63, 3.8) is 0 Å². The Labute approximate surface area is 197 Å². The molecule has 3 fully saturated rings. The Bertz CT molecular complexity index is 838. The van der Waals surface area contributed by atoms with Gasteiger partial charge < -0.3 is 9.64 Å². The van der Waals surface area contributed by atoms with Gasteiger partial charge in [0.1, 0.15) is 5.82 Å². The van der Waals surface area contributed by atoms with Crippen LogP contribution in [0.1, 0.15) is 44.1 Å². The summed E-state index contributed by atoms with van der Waals surface area (Å²) in [6.45, 7) is 6.36. The van der Waals surface area contributed by atoms with Crippen LogP contribution in [-0.4, -0.2) is 65.7 Å². The maximum atomic E-state index is 6.06. The van der Waals surface area contributed by atoms with Gasteiger partial charge in [0.25, 0.3) is 0 Å². The molecule has 3 saturated heterocycles. The number of anilines is 1. The second-order valence-corrected chi connectivity index (χ2v) is 10.8. The standard InChI is InChI=1S/C26H36N4OS/c1-28(21-22-6-3-2-4-7-22)23-10-15-30(16-11-23)32-24-8-9-25(27-20-24)29-17-13-26(14-18-29)12-5-19-31-26/h2-4,6-9,20,23H,5,10-19,21H2,1H3. The van der Waals surface area contributed by atoms with Crippen LogP contribution in [0.3, 0.4) is 0 Å². The van der Waals surface area contributed by atoms with Crippen LogP contribution in [0.5, 0.6) is 0 Å². The molecule has 0 atom stereocenters. The van der Waals surface area contributed by atoms with Crippen molar-refractivity contribution in [3.8, 4) is 0 Å². The molecule has 0 amide bonds. The third-order valence-corrected chi connectivity index (χ3v) is 8.54. The van der Waals surface area contributed by atoms with E-state index in [2.05, 4.69) is 69.8 Å². The first-order valence-electron chi connectivity index (χ1n) is 12.2. The van der Waals surface area contributed by atoms with Gasteiger partial charge in [-0.05, 0) is 75.2 Å². The quantitative estimate of drug-likeness (QED) is 0.584. The van der Waals surface area contributed by atoms with Gasteiger partial charge in [-0.3, -0.25) is 4.90 Å². The number of rotatable bonds is 6. The minimum atomic E-state index is 0.174. The van der Waals surface area contributed by atoms with Crippen LogP contribution in [0.2, 0.25) is 0 Å². The van der Waals surface area contributed by atoms with Crippen LogP contribution < -0.4 is 4.90 Å². The molecule has 5 nitrogen and oxygen atoms in total. The normalized spacial score (nSPS) is 22.1. The lowest BCUT2D eigenvalue weighted by molar-refractivity contribution is -0.0147. The number of pyridine rings is 1. The molecule has 5 rings (SSSR count). The average molecular weight is 453 g/mol. The monoisotopic (exact) mass is 452 g/mol. The van der Waals surface area contributed by atoms with Gasteiger partial charge in [-0.15, -0.1) is 0 Å². The molecule has 0 saturated carbocycles. The summed E-state index contributed by atoms with van der Waals surface area (Å²) in [5.74, 6) is 1.11. The first-order valence-corrected chi connectivity index (χ1v) is 13.0. The predicted octanol–water partition coefficient (Wildman–Crippen LogP) is 4.83. The summed E-state index contributed by atoms with van der Waals surface area (Å²) in [5, 5.41) is 0. The lowest BCUT2D eigenvalue weighted by Crippen LogP contribution is -2.44. The van der Waals surface area contributed by atoms with Crippen LogP contribution in [0.4, 0.5) is 5.82 Å². The number of hydrogen-bond acceptors (Lipinski definition) is 6. The molecule has 3 aliphatic rings. The average Bonchev–Trinajstić information content (AvgIpc) is 3.29. The van der Waals surface area contributed by atoms with Crippen LogP contribution in [-0.2, 0) is 11.3 Å². The number of aromatic nitrogens is 1. The van der Waals surface area contributed by atoms with E-state index < -0.39 is 0 Å². The van der Waals surface area contributed by atoms with Gasteiger partial charge in [-0.2, -0.15) is 0 Å². The van der Waals surface area contributed by atoms with E-state index in [0.29, 0.717) is 6.04 Å². The van der Waals surface area contributed by atoms with Gasteiger partial charge in [0.2, 0.25) is 0 Å². The van der Waals surface area contributed by atoms with E-state index in [1.807, 2.05) is 11.9 Å². The van der Waals surface area contributed by atoms with E-state index in [9.17, 15) is 0 Å². The summed E-state index contributed by atoms with van der Waals surface area (Å²) in [6, 6.07) is 15.9. The van der Waals surface area contributed by atoms with Crippen molar-refractivity contribution >= 4 is 17.8 Å². The van der Waals surface area contributed by atoms with Crippen molar-refractivity contribution in [1.29, 1.82) is 0 Å². The predicted molar refractivity (Wildman–Crippen MR) is 132 cm³/mol. The molecule has 2 aromatic rings.